The molecular formula is C17H17N5OS. The van der Waals surface area contributed by atoms with E-state index in [1.54, 1.807) is 6.20 Å². The summed E-state index contributed by atoms with van der Waals surface area (Å²) < 4.78 is 5.80. The molecule has 3 aromatic rings. The molecule has 2 aromatic heterocycles. The number of hydrogen-bond donors (Lipinski definition) is 0. The first-order valence-corrected chi connectivity index (χ1v) is 8.67. The molecule has 24 heavy (non-hydrogen) atoms. The molecular weight excluding hydrogens is 322 g/mol. The van der Waals surface area contributed by atoms with E-state index in [0.717, 1.165) is 24.6 Å². The molecule has 7 heteroatoms. The second-order valence-corrected chi connectivity index (χ2v) is 6.63. The lowest BCUT2D eigenvalue weighted by atomic mass is 10.2. The summed E-state index contributed by atoms with van der Waals surface area (Å²) in [5.41, 5.74) is 1.18. The van der Waals surface area contributed by atoms with Gasteiger partial charge in [-0.1, -0.05) is 12.1 Å². The van der Waals surface area contributed by atoms with Crippen LogP contribution in [0.3, 0.4) is 0 Å². The maximum Gasteiger partial charge on any atom is 0.274 e. The highest BCUT2D eigenvalue weighted by molar-refractivity contribution is 7.13. The van der Waals surface area contributed by atoms with Crippen LogP contribution in [0.25, 0.3) is 10.1 Å². The second-order valence-electron chi connectivity index (χ2n) is 5.83. The summed E-state index contributed by atoms with van der Waals surface area (Å²) >= 11 is 1.52. The van der Waals surface area contributed by atoms with Gasteiger partial charge in [-0.15, -0.1) is 0 Å². The van der Waals surface area contributed by atoms with E-state index in [4.69, 9.17) is 0 Å². The number of rotatable bonds is 2. The fourth-order valence-electron chi connectivity index (χ4n) is 2.95. The van der Waals surface area contributed by atoms with Crippen molar-refractivity contribution in [3.05, 3.63) is 48.0 Å². The SMILES string of the molecule is Cc1cncc(C(=O)N2CCN(c3nsc4ccccc34)CC2)n1. The van der Waals surface area contributed by atoms with Crippen molar-refractivity contribution in [3.8, 4) is 0 Å². The van der Waals surface area contributed by atoms with Crippen LogP contribution in [-0.2, 0) is 0 Å². The molecule has 0 unspecified atom stereocenters. The average molecular weight is 339 g/mol. The van der Waals surface area contributed by atoms with Gasteiger partial charge in [0, 0.05) is 37.8 Å². The van der Waals surface area contributed by atoms with E-state index in [2.05, 4.69) is 31.4 Å². The number of benzene rings is 1. The van der Waals surface area contributed by atoms with Crippen LogP contribution in [0.5, 0.6) is 0 Å². The van der Waals surface area contributed by atoms with Crippen LogP contribution in [0.1, 0.15) is 16.2 Å². The number of carbonyl (C=O) groups is 1. The van der Waals surface area contributed by atoms with Gasteiger partial charge < -0.3 is 9.80 Å². The summed E-state index contributed by atoms with van der Waals surface area (Å²) in [7, 11) is 0. The van der Waals surface area contributed by atoms with Gasteiger partial charge in [-0.3, -0.25) is 9.78 Å². The first-order valence-electron chi connectivity index (χ1n) is 7.89. The monoisotopic (exact) mass is 339 g/mol. The normalized spacial score (nSPS) is 15.0. The van der Waals surface area contributed by atoms with Crippen LogP contribution in [-0.4, -0.2) is 51.3 Å². The molecule has 1 aliphatic heterocycles. The van der Waals surface area contributed by atoms with Crippen LogP contribution >= 0.6 is 11.5 Å². The van der Waals surface area contributed by atoms with E-state index >= 15 is 0 Å². The Bertz CT molecular complexity index is 885. The van der Waals surface area contributed by atoms with Crippen LogP contribution in [0.2, 0.25) is 0 Å². The molecule has 4 rings (SSSR count). The first-order chi connectivity index (χ1) is 11.7. The summed E-state index contributed by atoms with van der Waals surface area (Å²) in [5, 5.41) is 1.19. The number of piperazine rings is 1. The fraction of sp³-hybridized carbons (Fsp3) is 0.294. The smallest absolute Gasteiger partial charge is 0.274 e. The number of aryl methyl sites for hydroxylation is 1. The molecule has 1 aromatic carbocycles. The van der Waals surface area contributed by atoms with Crippen LogP contribution in [0.15, 0.2) is 36.7 Å². The van der Waals surface area contributed by atoms with Gasteiger partial charge >= 0.3 is 0 Å². The molecule has 0 atom stereocenters. The minimum absolute atomic E-state index is 0.0472. The van der Waals surface area contributed by atoms with Crippen molar-refractivity contribution in [2.75, 3.05) is 31.1 Å². The lowest BCUT2D eigenvalue weighted by molar-refractivity contribution is 0.0740. The molecule has 6 nitrogen and oxygen atoms in total. The van der Waals surface area contributed by atoms with Crippen LogP contribution in [0, 0.1) is 6.92 Å². The van der Waals surface area contributed by atoms with Gasteiger partial charge in [0.05, 0.1) is 16.6 Å². The van der Waals surface area contributed by atoms with Gasteiger partial charge in [0.25, 0.3) is 5.91 Å². The molecule has 0 spiro atoms. The Morgan fingerprint density at radius 3 is 2.71 bits per heavy atom. The fourth-order valence-corrected chi connectivity index (χ4v) is 3.75. The number of anilines is 1. The van der Waals surface area contributed by atoms with E-state index in [-0.39, 0.29) is 5.91 Å². The Morgan fingerprint density at radius 1 is 1.12 bits per heavy atom. The molecule has 3 heterocycles. The molecule has 1 aliphatic rings. The molecule has 0 radical (unpaired) electrons. The zero-order valence-electron chi connectivity index (χ0n) is 13.3. The van der Waals surface area contributed by atoms with Gasteiger partial charge in [0.1, 0.15) is 11.5 Å². The topological polar surface area (TPSA) is 62.2 Å². The van der Waals surface area contributed by atoms with Crippen molar-refractivity contribution in [1.82, 2.24) is 19.2 Å². The lowest BCUT2D eigenvalue weighted by Gasteiger charge is -2.34. The summed E-state index contributed by atoms with van der Waals surface area (Å²) in [5.74, 6) is 0.979. The quantitative estimate of drug-likeness (QED) is 0.717. The maximum absolute atomic E-state index is 12.5. The predicted octanol–water partition coefficient (Wildman–Crippen LogP) is 2.36. The second kappa shape index (κ2) is 6.16. The number of nitrogens with zero attached hydrogens (tertiary/aromatic N) is 5. The largest absolute Gasteiger partial charge is 0.352 e. The predicted molar refractivity (Wildman–Crippen MR) is 94.5 cm³/mol. The van der Waals surface area contributed by atoms with Crippen molar-refractivity contribution in [3.63, 3.8) is 0 Å². The van der Waals surface area contributed by atoms with Gasteiger partial charge in [-0.2, -0.15) is 4.37 Å². The highest BCUT2D eigenvalue weighted by Crippen LogP contribution is 2.29. The summed E-state index contributed by atoms with van der Waals surface area (Å²) in [6.07, 6.45) is 3.19. The van der Waals surface area contributed by atoms with Crippen molar-refractivity contribution < 1.29 is 4.79 Å². The van der Waals surface area contributed by atoms with Crippen molar-refractivity contribution >= 4 is 33.3 Å². The summed E-state index contributed by atoms with van der Waals surface area (Å²) in [4.78, 5) is 25.0. The summed E-state index contributed by atoms with van der Waals surface area (Å²) in [6, 6.07) is 8.26. The number of fused-ring (bicyclic) bond motifs is 1. The molecule has 1 amide bonds. The van der Waals surface area contributed by atoms with Crippen LogP contribution in [0.4, 0.5) is 5.82 Å². The molecule has 1 fully saturated rings. The van der Waals surface area contributed by atoms with Crippen LogP contribution < -0.4 is 4.90 Å². The number of carbonyl (C=O) groups excluding carboxylic acids is 1. The van der Waals surface area contributed by atoms with Gasteiger partial charge in [0.2, 0.25) is 0 Å². The Morgan fingerprint density at radius 2 is 1.92 bits per heavy atom. The minimum atomic E-state index is -0.0472. The molecule has 0 saturated carbocycles. The Balaban J connectivity index is 1.48. The zero-order valence-corrected chi connectivity index (χ0v) is 14.2. The van der Waals surface area contributed by atoms with Crippen molar-refractivity contribution in [2.24, 2.45) is 0 Å². The molecule has 0 aliphatic carbocycles. The Labute approximate surface area is 143 Å². The molecule has 0 bridgehead atoms. The summed E-state index contributed by atoms with van der Waals surface area (Å²) in [6.45, 7) is 4.73. The maximum atomic E-state index is 12.5. The third-order valence-electron chi connectivity index (χ3n) is 4.20. The standard InChI is InChI=1S/C17H17N5OS/c1-12-10-18-11-14(19-12)17(23)22-8-6-21(7-9-22)16-13-4-2-3-5-15(13)24-20-16/h2-5,10-11H,6-9H2,1H3. The van der Waals surface area contributed by atoms with Crippen molar-refractivity contribution in [1.29, 1.82) is 0 Å². The van der Waals surface area contributed by atoms with E-state index in [1.807, 2.05) is 24.0 Å². The molecule has 0 N–H and O–H groups in total. The first kappa shape index (κ1) is 15.0. The highest BCUT2D eigenvalue weighted by atomic mass is 32.1. The number of aromatic nitrogens is 3. The van der Waals surface area contributed by atoms with Gasteiger partial charge in [-0.05, 0) is 30.6 Å². The zero-order chi connectivity index (χ0) is 16.5. The number of amides is 1. The third kappa shape index (κ3) is 2.71. The highest BCUT2D eigenvalue weighted by Gasteiger charge is 2.25. The van der Waals surface area contributed by atoms with E-state index in [0.29, 0.717) is 18.8 Å². The Hall–Kier alpha value is -2.54. The minimum Gasteiger partial charge on any atom is -0.352 e. The Kier molecular flexibility index (Phi) is 3.86. The average Bonchev–Trinajstić information content (AvgIpc) is 3.05. The van der Waals surface area contributed by atoms with E-state index in [1.165, 1.54) is 27.8 Å². The van der Waals surface area contributed by atoms with Gasteiger partial charge in [0.15, 0.2) is 0 Å². The van der Waals surface area contributed by atoms with Crippen molar-refractivity contribution in [2.45, 2.75) is 6.92 Å². The molecule has 122 valence electrons. The number of hydrogen-bond acceptors (Lipinski definition) is 6. The molecule has 1 saturated heterocycles. The van der Waals surface area contributed by atoms with Gasteiger partial charge in [-0.25, -0.2) is 4.98 Å². The van der Waals surface area contributed by atoms with E-state index < -0.39 is 0 Å². The lowest BCUT2D eigenvalue weighted by Crippen LogP contribution is -2.49. The third-order valence-corrected chi connectivity index (χ3v) is 5.02. The van der Waals surface area contributed by atoms with E-state index in [9.17, 15) is 4.79 Å².